The second-order valence-electron chi connectivity index (χ2n) is 7.44. The molecule has 0 unspecified atom stereocenters. The molecule has 31 heavy (non-hydrogen) atoms. The van der Waals surface area contributed by atoms with Gasteiger partial charge in [-0.1, -0.05) is 6.07 Å². The molecule has 0 radical (unpaired) electrons. The normalized spacial score (nSPS) is 23.3. The Hall–Kier alpha value is -3.08. The number of pyridine rings is 1. The van der Waals surface area contributed by atoms with Crippen LogP contribution in [-0.2, 0) is 16.1 Å². The molecule has 8 nitrogen and oxygen atoms in total. The van der Waals surface area contributed by atoms with Crippen LogP contribution in [0, 0.1) is 11.3 Å². The highest BCUT2D eigenvalue weighted by Gasteiger charge is 2.54. The van der Waals surface area contributed by atoms with Crippen molar-refractivity contribution in [1.82, 2.24) is 15.2 Å². The first-order chi connectivity index (χ1) is 14.7. The van der Waals surface area contributed by atoms with Gasteiger partial charge in [0.25, 0.3) is 0 Å². The molecule has 2 aliphatic rings. The molecule has 0 aliphatic carbocycles. The van der Waals surface area contributed by atoms with Crippen molar-refractivity contribution in [3.63, 3.8) is 0 Å². The maximum atomic E-state index is 12.5. The minimum absolute atomic E-state index is 0.159. The molecule has 2 saturated heterocycles. The summed E-state index contributed by atoms with van der Waals surface area (Å²) in [7, 11) is 0. The largest absolute Gasteiger partial charge is 0.490 e. The van der Waals surface area contributed by atoms with Crippen LogP contribution in [0.5, 0.6) is 5.88 Å². The van der Waals surface area contributed by atoms with Crippen LogP contribution in [0.3, 0.4) is 0 Å². The molecule has 1 spiro atoms. The Morgan fingerprint density at radius 1 is 1.39 bits per heavy atom. The predicted molar refractivity (Wildman–Crippen MR) is 101 cm³/mol. The molecule has 2 aromatic rings. The lowest BCUT2D eigenvalue weighted by Crippen LogP contribution is -2.40. The third-order valence-electron chi connectivity index (χ3n) is 5.42. The van der Waals surface area contributed by atoms with Crippen molar-refractivity contribution >= 4 is 11.9 Å². The third-order valence-corrected chi connectivity index (χ3v) is 5.42. The number of hydrogen-bond donors (Lipinski definition) is 2. The van der Waals surface area contributed by atoms with Crippen LogP contribution in [0.15, 0.2) is 47.4 Å². The van der Waals surface area contributed by atoms with Crippen molar-refractivity contribution in [1.29, 1.82) is 0 Å². The lowest BCUT2D eigenvalue weighted by atomic mass is 9.77. The molecular formula is C20H22F3N3O5. The zero-order valence-corrected chi connectivity index (χ0v) is 16.5. The van der Waals surface area contributed by atoms with Crippen LogP contribution in [-0.4, -0.2) is 59.3 Å². The highest BCUT2D eigenvalue weighted by Crippen LogP contribution is 2.42. The van der Waals surface area contributed by atoms with Crippen LogP contribution in [0.1, 0.15) is 12.0 Å². The van der Waals surface area contributed by atoms with Gasteiger partial charge in [0.05, 0.1) is 24.5 Å². The molecule has 2 aliphatic heterocycles. The van der Waals surface area contributed by atoms with Gasteiger partial charge >= 0.3 is 12.1 Å². The maximum Gasteiger partial charge on any atom is 0.490 e. The number of carbonyl (C=O) groups is 2. The Bertz CT molecular complexity index is 876. The highest BCUT2D eigenvalue weighted by atomic mass is 19.4. The number of carboxylic acids is 1. The molecule has 4 rings (SSSR count). The predicted octanol–water partition coefficient (Wildman–Crippen LogP) is 2.33. The molecule has 4 heterocycles. The van der Waals surface area contributed by atoms with E-state index in [1.54, 1.807) is 18.7 Å². The van der Waals surface area contributed by atoms with Crippen LogP contribution >= 0.6 is 0 Å². The summed E-state index contributed by atoms with van der Waals surface area (Å²) >= 11 is 0. The lowest BCUT2D eigenvalue weighted by molar-refractivity contribution is -0.192. The molecule has 2 N–H and O–H groups in total. The molecule has 168 valence electrons. The smallest absolute Gasteiger partial charge is 0.477 e. The minimum Gasteiger partial charge on any atom is -0.477 e. The number of carboxylic acid groups (broad SMARTS) is 1. The highest BCUT2D eigenvalue weighted by molar-refractivity contribution is 5.86. The first-order valence-electron chi connectivity index (χ1n) is 9.56. The van der Waals surface area contributed by atoms with Gasteiger partial charge < -0.3 is 19.6 Å². The first kappa shape index (κ1) is 22.6. The average Bonchev–Trinajstić information content (AvgIpc) is 3.45. The van der Waals surface area contributed by atoms with Crippen LogP contribution in [0.2, 0.25) is 0 Å². The molecule has 2 fully saturated rings. The number of ether oxygens (including phenoxy) is 1. The summed E-state index contributed by atoms with van der Waals surface area (Å²) in [5.74, 6) is -1.82. The SMILES string of the molecule is O=C(O)C(F)(F)F.O=C1NC[C@@H](COc2ccccn2)[C@]12CCN(Cc1ccoc1)C2. The van der Waals surface area contributed by atoms with E-state index in [0.29, 0.717) is 19.0 Å². The molecule has 2 aromatic heterocycles. The molecule has 2 atom stereocenters. The lowest BCUT2D eigenvalue weighted by Gasteiger charge is -2.28. The summed E-state index contributed by atoms with van der Waals surface area (Å²) in [4.78, 5) is 27.9. The standard InChI is InChI=1S/C18H21N3O3.C2HF3O2/c22-17-18(5-7-21(13-18)10-14-4-8-23-11-14)15(9-20-17)12-24-16-3-1-2-6-19-16;3-2(4,5)1(6)7/h1-4,6,8,11,15H,5,7,9-10,12-13H2,(H,20,22);(H,6,7)/t15-,18+;/m0./s1. The Labute approximate surface area is 176 Å². The van der Waals surface area contributed by atoms with E-state index in [0.717, 1.165) is 31.6 Å². The Balaban J connectivity index is 0.000000339. The Morgan fingerprint density at radius 3 is 2.77 bits per heavy atom. The van der Waals surface area contributed by atoms with Gasteiger partial charge in [0.2, 0.25) is 11.8 Å². The van der Waals surface area contributed by atoms with E-state index in [1.165, 1.54) is 0 Å². The number of carbonyl (C=O) groups excluding carboxylic acids is 1. The number of furan rings is 1. The molecule has 1 amide bonds. The molecule has 0 saturated carbocycles. The molecular weight excluding hydrogens is 419 g/mol. The zero-order chi connectivity index (χ0) is 22.5. The third kappa shape index (κ3) is 5.54. The van der Waals surface area contributed by atoms with E-state index in [4.69, 9.17) is 19.1 Å². The monoisotopic (exact) mass is 441 g/mol. The van der Waals surface area contributed by atoms with E-state index in [9.17, 15) is 18.0 Å². The fraction of sp³-hybridized carbons (Fsp3) is 0.450. The van der Waals surface area contributed by atoms with Crippen molar-refractivity contribution in [3.8, 4) is 5.88 Å². The number of amides is 1. The number of nitrogens with one attached hydrogen (secondary N) is 1. The van der Waals surface area contributed by atoms with Gasteiger partial charge in [0.15, 0.2) is 0 Å². The van der Waals surface area contributed by atoms with Gasteiger partial charge in [-0.2, -0.15) is 13.2 Å². The van der Waals surface area contributed by atoms with E-state index >= 15 is 0 Å². The number of rotatable bonds is 5. The van der Waals surface area contributed by atoms with Crippen LogP contribution in [0.25, 0.3) is 0 Å². The number of likely N-dealkylation sites (tertiary alicyclic amines) is 1. The number of nitrogens with zero attached hydrogens (tertiary/aromatic N) is 2. The molecule has 0 bridgehead atoms. The summed E-state index contributed by atoms with van der Waals surface area (Å²) < 4.78 is 42.7. The van der Waals surface area contributed by atoms with E-state index < -0.39 is 12.1 Å². The summed E-state index contributed by atoms with van der Waals surface area (Å²) in [6.07, 6.45) is 0.951. The van der Waals surface area contributed by atoms with Crippen molar-refractivity contribution < 1.29 is 37.0 Å². The van der Waals surface area contributed by atoms with Gasteiger partial charge in [-0.15, -0.1) is 0 Å². The molecule has 0 aromatic carbocycles. The Kier molecular flexibility index (Phi) is 6.84. The number of halogens is 3. The first-order valence-corrected chi connectivity index (χ1v) is 9.56. The quantitative estimate of drug-likeness (QED) is 0.734. The zero-order valence-electron chi connectivity index (χ0n) is 16.5. The van der Waals surface area contributed by atoms with Gasteiger partial charge in [-0.05, 0) is 25.1 Å². The fourth-order valence-corrected chi connectivity index (χ4v) is 3.82. The van der Waals surface area contributed by atoms with Crippen LogP contribution in [0.4, 0.5) is 13.2 Å². The fourth-order valence-electron chi connectivity index (χ4n) is 3.82. The second-order valence-corrected chi connectivity index (χ2v) is 7.44. The summed E-state index contributed by atoms with van der Waals surface area (Å²) in [6, 6.07) is 7.58. The van der Waals surface area contributed by atoms with Crippen molar-refractivity contribution in [3.05, 3.63) is 48.6 Å². The number of hydrogen-bond acceptors (Lipinski definition) is 6. The van der Waals surface area contributed by atoms with Gasteiger partial charge in [-0.3, -0.25) is 9.69 Å². The Morgan fingerprint density at radius 2 is 2.16 bits per heavy atom. The topological polar surface area (TPSA) is 105 Å². The molecule has 11 heteroatoms. The van der Waals surface area contributed by atoms with Crippen molar-refractivity contribution in [2.24, 2.45) is 11.3 Å². The van der Waals surface area contributed by atoms with Crippen molar-refractivity contribution in [2.45, 2.75) is 19.1 Å². The van der Waals surface area contributed by atoms with Crippen molar-refractivity contribution in [2.75, 3.05) is 26.2 Å². The number of aliphatic carboxylic acids is 1. The summed E-state index contributed by atoms with van der Waals surface area (Å²) in [6.45, 7) is 3.68. The van der Waals surface area contributed by atoms with Gasteiger partial charge in [0, 0.05) is 43.4 Å². The maximum absolute atomic E-state index is 12.5. The van der Waals surface area contributed by atoms with E-state index in [-0.39, 0.29) is 17.2 Å². The van der Waals surface area contributed by atoms with Gasteiger partial charge in [0.1, 0.15) is 0 Å². The minimum atomic E-state index is -5.08. The summed E-state index contributed by atoms with van der Waals surface area (Å²) in [5.41, 5.74) is 0.796. The van der Waals surface area contributed by atoms with Gasteiger partial charge in [-0.25, -0.2) is 9.78 Å². The number of alkyl halides is 3. The summed E-state index contributed by atoms with van der Waals surface area (Å²) in [5, 5.41) is 10.2. The second kappa shape index (κ2) is 9.38. The van der Waals surface area contributed by atoms with E-state index in [1.807, 2.05) is 24.3 Å². The van der Waals surface area contributed by atoms with Crippen LogP contribution < -0.4 is 10.1 Å². The average molecular weight is 441 g/mol. The van der Waals surface area contributed by atoms with E-state index in [2.05, 4.69) is 15.2 Å². The number of aromatic nitrogens is 1.